The highest BCUT2D eigenvalue weighted by atomic mass is 35.5. The summed E-state index contributed by atoms with van der Waals surface area (Å²) in [5.41, 5.74) is 6.13. The summed E-state index contributed by atoms with van der Waals surface area (Å²) in [6, 6.07) is 3.68. The molecular weight excluding hydrogens is 162 g/mol. The van der Waals surface area contributed by atoms with Crippen LogP contribution in [0.2, 0.25) is 0 Å². The van der Waals surface area contributed by atoms with Crippen molar-refractivity contribution in [2.24, 2.45) is 0 Å². The highest BCUT2D eigenvalue weighted by Gasteiger charge is 1.87. The molecule has 1 aromatic heterocycles. The fraction of sp³-hybridized carbons (Fsp3) is 0.286. The molecule has 0 unspecified atom stereocenters. The fourth-order valence-electron chi connectivity index (χ4n) is 0.691. The van der Waals surface area contributed by atoms with Gasteiger partial charge in [-0.05, 0) is 19.1 Å². The molecule has 3 N–H and O–H groups in total. The minimum atomic E-state index is 0. The molecule has 0 aliphatic rings. The fourth-order valence-corrected chi connectivity index (χ4v) is 0.691. The number of hydrogen-bond donors (Lipinski definition) is 2. The monoisotopic (exact) mass is 173 g/mol. The lowest BCUT2D eigenvalue weighted by atomic mass is 10.4. The molecule has 0 amide bonds. The number of halogens is 1. The summed E-state index contributed by atoms with van der Waals surface area (Å²) >= 11 is 0. The molecular formula is C7H12ClN3. The molecule has 1 rings (SSSR count). The molecule has 1 heterocycles. The second-order valence-corrected chi connectivity index (χ2v) is 2.01. The van der Waals surface area contributed by atoms with E-state index in [0.717, 1.165) is 12.4 Å². The van der Waals surface area contributed by atoms with Gasteiger partial charge in [-0.15, -0.1) is 12.4 Å². The van der Waals surface area contributed by atoms with Crippen molar-refractivity contribution in [1.82, 2.24) is 4.98 Å². The third-order valence-electron chi connectivity index (χ3n) is 1.14. The van der Waals surface area contributed by atoms with Crippen LogP contribution in [-0.2, 0) is 0 Å². The molecule has 0 aromatic carbocycles. The van der Waals surface area contributed by atoms with E-state index < -0.39 is 0 Å². The number of anilines is 2. The standard InChI is InChI=1S/C7H11N3.ClH/c1-2-9-7-4-3-6(8)5-10-7;/h3-5H,2,8H2,1H3,(H,9,10);1H. The van der Waals surface area contributed by atoms with E-state index >= 15 is 0 Å². The van der Waals surface area contributed by atoms with Gasteiger partial charge in [0.05, 0.1) is 11.9 Å². The van der Waals surface area contributed by atoms with Gasteiger partial charge >= 0.3 is 0 Å². The van der Waals surface area contributed by atoms with Crippen molar-refractivity contribution < 1.29 is 0 Å². The summed E-state index contributed by atoms with van der Waals surface area (Å²) in [5.74, 6) is 0.872. The summed E-state index contributed by atoms with van der Waals surface area (Å²) in [5, 5.41) is 3.07. The maximum atomic E-state index is 5.43. The molecule has 0 bridgehead atoms. The topological polar surface area (TPSA) is 50.9 Å². The van der Waals surface area contributed by atoms with Crippen LogP contribution in [0.1, 0.15) is 6.92 Å². The SMILES string of the molecule is CCNc1ccc(N)cn1.Cl. The van der Waals surface area contributed by atoms with E-state index in [4.69, 9.17) is 5.73 Å². The zero-order valence-electron chi connectivity index (χ0n) is 6.37. The van der Waals surface area contributed by atoms with Gasteiger partial charge in [0.25, 0.3) is 0 Å². The van der Waals surface area contributed by atoms with Crippen LogP contribution >= 0.6 is 12.4 Å². The lowest BCUT2D eigenvalue weighted by molar-refractivity contribution is 1.16. The van der Waals surface area contributed by atoms with Gasteiger partial charge in [0.15, 0.2) is 0 Å². The Morgan fingerprint density at radius 2 is 2.27 bits per heavy atom. The number of hydrogen-bond acceptors (Lipinski definition) is 3. The number of nitrogen functional groups attached to an aromatic ring is 1. The Bertz CT molecular complexity index is 197. The summed E-state index contributed by atoms with van der Waals surface area (Å²) < 4.78 is 0. The second kappa shape index (κ2) is 4.79. The predicted octanol–water partition coefficient (Wildman–Crippen LogP) is 1.52. The van der Waals surface area contributed by atoms with E-state index in [1.165, 1.54) is 0 Å². The molecule has 0 aliphatic heterocycles. The molecule has 62 valence electrons. The van der Waals surface area contributed by atoms with E-state index in [2.05, 4.69) is 10.3 Å². The number of pyridine rings is 1. The Morgan fingerprint density at radius 1 is 1.55 bits per heavy atom. The summed E-state index contributed by atoms with van der Waals surface area (Å²) in [6.07, 6.45) is 1.64. The third-order valence-corrected chi connectivity index (χ3v) is 1.14. The molecule has 0 fully saturated rings. The lowest BCUT2D eigenvalue weighted by Crippen LogP contribution is -1.98. The zero-order chi connectivity index (χ0) is 7.40. The van der Waals surface area contributed by atoms with E-state index in [9.17, 15) is 0 Å². The van der Waals surface area contributed by atoms with Crippen molar-refractivity contribution >= 4 is 23.9 Å². The van der Waals surface area contributed by atoms with Gasteiger partial charge < -0.3 is 11.1 Å². The normalized spacial score (nSPS) is 8.45. The zero-order valence-corrected chi connectivity index (χ0v) is 7.19. The first kappa shape index (κ1) is 10.0. The van der Waals surface area contributed by atoms with Crippen molar-refractivity contribution in [3.05, 3.63) is 18.3 Å². The van der Waals surface area contributed by atoms with Gasteiger partial charge in [-0.3, -0.25) is 0 Å². The van der Waals surface area contributed by atoms with Crippen LogP contribution in [-0.4, -0.2) is 11.5 Å². The lowest BCUT2D eigenvalue weighted by Gasteiger charge is -2.00. The smallest absolute Gasteiger partial charge is 0.126 e. The molecule has 0 spiro atoms. The molecule has 1 aromatic rings. The van der Waals surface area contributed by atoms with Crippen molar-refractivity contribution in [2.45, 2.75) is 6.92 Å². The van der Waals surface area contributed by atoms with Gasteiger partial charge in [0.2, 0.25) is 0 Å². The number of aromatic nitrogens is 1. The number of nitrogens with zero attached hydrogens (tertiary/aromatic N) is 1. The van der Waals surface area contributed by atoms with Crippen LogP contribution in [0.3, 0.4) is 0 Å². The van der Waals surface area contributed by atoms with E-state index in [1.807, 2.05) is 19.1 Å². The van der Waals surface area contributed by atoms with Crippen LogP contribution in [0.25, 0.3) is 0 Å². The van der Waals surface area contributed by atoms with Gasteiger partial charge in [0, 0.05) is 6.54 Å². The maximum Gasteiger partial charge on any atom is 0.126 e. The second-order valence-electron chi connectivity index (χ2n) is 2.01. The largest absolute Gasteiger partial charge is 0.397 e. The van der Waals surface area contributed by atoms with Crippen LogP contribution < -0.4 is 11.1 Å². The molecule has 0 radical (unpaired) electrons. The van der Waals surface area contributed by atoms with Crippen LogP contribution in [0.5, 0.6) is 0 Å². The van der Waals surface area contributed by atoms with Gasteiger partial charge in [0.1, 0.15) is 5.82 Å². The van der Waals surface area contributed by atoms with Crippen LogP contribution in [0, 0.1) is 0 Å². The Labute approximate surface area is 72.4 Å². The minimum absolute atomic E-state index is 0. The highest BCUT2D eigenvalue weighted by molar-refractivity contribution is 5.85. The summed E-state index contributed by atoms with van der Waals surface area (Å²) in [7, 11) is 0. The molecule has 0 saturated carbocycles. The van der Waals surface area contributed by atoms with Crippen molar-refractivity contribution in [2.75, 3.05) is 17.6 Å². The van der Waals surface area contributed by atoms with E-state index in [0.29, 0.717) is 5.69 Å². The minimum Gasteiger partial charge on any atom is -0.397 e. The van der Waals surface area contributed by atoms with Crippen LogP contribution in [0.15, 0.2) is 18.3 Å². The Hall–Kier alpha value is -0.960. The third kappa shape index (κ3) is 3.09. The Kier molecular flexibility index (Phi) is 4.38. The molecule has 0 aliphatic carbocycles. The first-order chi connectivity index (χ1) is 4.83. The number of rotatable bonds is 2. The van der Waals surface area contributed by atoms with E-state index in [-0.39, 0.29) is 12.4 Å². The number of nitrogens with one attached hydrogen (secondary N) is 1. The van der Waals surface area contributed by atoms with Crippen molar-refractivity contribution in [3.8, 4) is 0 Å². The maximum absolute atomic E-state index is 5.43. The Balaban J connectivity index is 0.000001000. The summed E-state index contributed by atoms with van der Waals surface area (Å²) in [4.78, 5) is 4.03. The number of nitrogens with two attached hydrogens (primary N) is 1. The first-order valence-electron chi connectivity index (χ1n) is 3.28. The average molecular weight is 174 g/mol. The van der Waals surface area contributed by atoms with Crippen LogP contribution in [0.4, 0.5) is 11.5 Å². The molecule has 4 heteroatoms. The van der Waals surface area contributed by atoms with Gasteiger partial charge in [-0.1, -0.05) is 0 Å². The molecule has 11 heavy (non-hydrogen) atoms. The average Bonchev–Trinajstić information content (AvgIpc) is 1.95. The van der Waals surface area contributed by atoms with Gasteiger partial charge in [-0.2, -0.15) is 0 Å². The van der Waals surface area contributed by atoms with E-state index in [1.54, 1.807) is 6.20 Å². The Morgan fingerprint density at radius 3 is 2.73 bits per heavy atom. The van der Waals surface area contributed by atoms with Crippen molar-refractivity contribution in [1.29, 1.82) is 0 Å². The molecule has 3 nitrogen and oxygen atoms in total. The quantitative estimate of drug-likeness (QED) is 0.713. The summed E-state index contributed by atoms with van der Waals surface area (Å²) in [6.45, 7) is 2.91. The predicted molar refractivity (Wildman–Crippen MR) is 50.1 cm³/mol. The molecule has 0 saturated heterocycles. The van der Waals surface area contributed by atoms with Crippen molar-refractivity contribution in [3.63, 3.8) is 0 Å². The van der Waals surface area contributed by atoms with Gasteiger partial charge in [-0.25, -0.2) is 4.98 Å². The molecule has 0 atom stereocenters. The first-order valence-corrected chi connectivity index (χ1v) is 3.28. The highest BCUT2D eigenvalue weighted by Crippen LogP contribution is 2.04.